The highest BCUT2D eigenvalue weighted by Gasteiger charge is 2.32. The van der Waals surface area contributed by atoms with Gasteiger partial charge in [-0.25, -0.2) is 4.98 Å². The van der Waals surface area contributed by atoms with Crippen LogP contribution in [0.1, 0.15) is 42.2 Å². The van der Waals surface area contributed by atoms with E-state index in [0.717, 1.165) is 56.3 Å². The van der Waals surface area contributed by atoms with Gasteiger partial charge in [-0.3, -0.25) is 9.69 Å². The molecule has 2 aliphatic heterocycles. The van der Waals surface area contributed by atoms with E-state index in [-0.39, 0.29) is 5.91 Å². The second-order valence-corrected chi connectivity index (χ2v) is 8.65. The van der Waals surface area contributed by atoms with Gasteiger partial charge in [-0.15, -0.1) is 11.3 Å². The zero-order valence-corrected chi connectivity index (χ0v) is 17.0. The average molecular weight is 385 g/mol. The van der Waals surface area contributed by atoms with Crippen molar-refractivity contribution < 1.29 is 4.79 Å². The Kier molecular flexibility index (Phi) is 5.57. The third-order valence-electron chi connectivity index (χ3n) is 5.67. The molecular formula is C21H28N4OS. The van der Waals surface area contributed by atoms with Crippen molar-refractivity contribution in [1.82, 2.24) is 20.1 Å². The van der Waals surface area contributed by atoms with Crippen molar-refractivity contribution in [2.75, 3.05) is 39.3 Å². The van der Waals surface area contributed by atoms with Crippen molar-refractivity contribution >= 4 is 17.2 Å². The molecule has 144 valence electrons. The number of likely N-dealkylation sites (tertiary alicyclic amines) is 1. The highest BCUT2D eigenvalue weighted by Crippen LogP contribution is 2.27. The lowest BCUT2D eigenvalue weighted by Crippen LogP contribution is -2.49. The minimum absolute atomic E-state index is 0.0777. The summed E-state index contributed by atoms with van der Waals surface area (Å²) in [4.78, 5) is 22.0. The molecule has 5 nitrogen and oxygen atoms in total. The maximum atomic E-state index is 12.9. The number of piperazine rings is 1. The van der Waals surface area contributed by atoms with Gasteiger partial charge in [0.1, 0.15) is 10.7 Å². The fraction of sp³-hybridized carbons (Fsp3) is 0.524. The maximum Gasteiger partial charge on any atom is 0.273 e. The van der Waals surface area contributed by atoms with E-state index in [1.807, 2.05) is 10.3 Å². The quantitative estimate of drug-likeness (QED) is 0.880. The number of nitrogens with zero attached hydrogens (tertiary/aromatic N) is 3. The van der Waals surface area contributed by atoms with Crippen LogP contribution >= 0.6 is 11.3 Å². The number of hydrogen-bond acceptors (Lipinski definition) is 5. The van der Waals surface area contributed by atoms with E-state index in [4.69, 9.17) is 0 Å². The van der Waals surface area contributed by atoms with Crippen LogP contribution in [0.15, 0.2) is 29.6 Å². The summed E-state index contributed by atoms with van der Waals surface area (Å²) in [5.41, 5.74) is 3.00. The van der Waals surface area contributed by atoms with Crippen LogP contribution in [0.5, 0.6) is 0 Å². The number of aromatic nitrogens is 1. The van der Waals surface area contributed by atoms with Gasteiger partial charge in [0.2, 0.25) is 0 Å². The van der Waals surface area contributed by atoms with E-state index in [9.17, 15) is 4.79 Å². The lowest BCUT2D eigenvalue weighted by atomic mass is 10.0. The summed E-state index contributed by atoms with van der Waals surface area (Å²) in [6, 6.07) is 9.03. The van der Waals surface area contributed by atoms with Gasteiger partial charge in [0, 0.05) is 56.3 Å². The molecule has 2 aromatic rings. The number of carbonyl (C=O) groups is 1. The summed E-state index contributed by atoms with van der Waals surface area (Å²) in [5, 5.41) is 6.23. The number of benzene rings is 1. The van der Waals surface area contributed by atoms with Crippen molar-refractivity contribution in [3.05, 3.63) is 40.9 Å². The second kappa shape index (κ2) is 8.09. The van der Waals surface area contributed by atoms with Crippen LogP contribution in [0, 0.1) is 0 Å². The summed E-state index contributed by atoms with van der Waals surface area (Å²) in [7, 11) is 0. The van der Waals surface area contributed by atoms with Gasteiger partial charge in [0.15, 0.2) is 0 Å². The fourth-order valence-corrected chi connectivity index (χ4v) is 4.75. The van der Waals surface area contributed by atoms with Crippen molar-refractivity contribution in [2.24, 2.45) is 0 Å². The minimum Gasteiger partial charge on any atom is -0.336 e. The maximum absolute atomic E-state index is 12.9. The molecule has 1 aromatic carbocycles. The first kappa shape index (κ1) is 18.6. The highest BCUT2D eigenvalue weighted by molar-refractivity contribution is 7.13. The predicted molar refractivity (Wildman–Crippen MR) is 110 cm³/mol. The van der Waals surface area contributed by atoms with E-state index in [2.05, 4.69) is 53.3 Å². The Balaban J connectivity index is 1.41. The van der Waals surface area contributed by atoms with Gasteiger partial charge < -0.3 is 10.2 Å². The summed E-state index contributed by atoms with van der Waals surface area (Å²) >= 11 is 1.56. The molecule has 27 heavy (non-hydrogen) atoms. The third-order valence-corrected chi connectivity index (χ3v) is 6.56. The Morgan fingerprint density at radius 2 is 1.93 bits per heavy atom. The fourth-order valence-electron chi connectivity index (χ4n) is 3.95. The Hall–Kier alpha value is -1.76. The molecule has 2 fully saturated rings. The van der Waals surface area contributed by atoms with Crippen molar-refractivity contribution in [3.8, 4) is 10.6 Å². The minimum atomic E-state index is 0.0777. The Labute approximate surface area is 165 Å². The molecule has 0 spiro atoms. The SMILES string of the molecule is CC(C)c1ccc(-c2nc(C(=O)N3CCC(N4CCNCC4)C3)cs2)cc1. The average Bonchev–Trinajstić information content (AvgIpc) is 3.38. The summed E-state index contributed by atoms with van der Waals surface area (Å²) in [6.07, 6.45) is 1.07. The number of thiazole rings is 1. The van der Waals surface area contributed by atoms with E-state index >= 15 is 0 Å². The van der Waals surface area contributed by atoms with Crippen molar-refractivity contribution in [2.45, 2.75) is 32.2 Å². The molecule has 1 atom stereocenters. The molecule has 2 aliphatic rings. The van der Waals surface area contributed by atoms with E-state index in [1.165, 1.54) is 5.56 Å². The largest absolute Gasteiger partial charge is 0.336 e. The van der Waals surface area contributed by atoms with E-state index in [1.54, 1.807) is 11.3 Å². The van der Waals surface area contributed by atoms with E-state index < -0.39 is 0 Å². The first-order chi connectivity index (χ1) is 13.1. The standard InChI is InChI=1S/C21H28N4OS/c1-15(2)16-3-5-17(6-4-16)20-23-19(14-27-20)21(26)25-10-7-18(13-25)24-11-8-22-9-12-24/h3-6,14-15,18,22H,7-13H2,1-2H3. The molecule has 0 bridgehead atoms. The topological polar surface area (TPSA) is 48.5 Å². The van der Waals surface area contributed by atoms with E-state index in [0.29, 0.717) is 17.7 Å². The van der Waals surface area contributed by atoms with Crippen LogP contribution in [-0.2, 0) is 0 Å². The summed E-state index contributed by atoms with van der Waals surface area (Å²) < 4.78 is 0. The highest BCUT2D eigenvalue weighted by atomic mass is 32.1. The van der Waals surface area contributed by atoms with Crippen LogP contribution in [0.4, 0.5) is 0 Å². The molecular weight excluding hydrogens is 356 g/mol. The molecule has 1 N–H and O–H groups in total. The first-order valence-corrected chi connectivity index (χ1v) is 10.8. The van der Waals surface area contributed by atoms with Gasteiger partial charge in [0.05, 0.1) is 0 Å². The second-order valence-electron chi connectivity index (χ2n) is 7.79. The monoisotopic (exact) mass is 384 g/mol. The summed E-state index contributed by atoms with van der Waals surface area (Å²) in [5.74, 6) is 0.597. The zero-order chi connectivity index (χ0) is 18.8. The first-order valence-electron chi connectivity index (χ1n) is 9.91. The van der Waals surface area contributed by atoms with Crippen molar-refractivity contribution in [3.63, 3.8) is 0 Å². The molecule has 6 heteroatoms. The van der Waals surface area contributed by atoms with Crippen LogP contribution < -0.4 is 5.32 Å². The van der Waals surface area contributed by atoms with Gasteiger partial charge in [-0.1, -0.05) is 38.1 Å². The third kappa shape index (κ3) is 4.08. The van der Waals surface area contributed by atoms with Crippen LogP contribution in [0.3, 0.4) is 0 Å². The molecule has 1 aromatic heterocycles. The van der Waals surface area contributed by atoms with Crippen LogP contribution in [0.25, 0.3) is 10.6 Å². The van der Waals surface area contributed by atoms with Gasteiger partial charge in [-0.2, -0.15) is 0 Å². The number of hydrogen-bond donors (Lipinski definition) is 1. The smallest absolute Gasteiger partial charge is 0.273 e. The molecule has 1 unspecified atom stereocenters. The zero-order valence-electron chi connectivity index (χ0n) is 16.1. The van der Waals surface area contributed by atoms with Crippen LogP contribution in [0.2, 0.25) is 0 Å². The molecule has 4 rings (SSSR count). The number of nitrogens with one attached hydrogen (secondary N) is 1. The Bertz CT molecular complexity index is 780. The molecule has 3 heterocycles. The molecule has 1 amide bonds. The molecule has 2 saturated heterocycles. The molecule has 0 radical (unpaired) electrons. The number of amides is 1. The van der Waals surface area contributed by atoms with Gasteiger partial charge in [-0.05, 0) is 17.9 Å². The Morgan fingerprint density at radius 1 is 1.19 bits per heavy atom. The molecule has 0 saturated carbocycles. The normalized spacial score (nSPS) is 21.1. The number of carbonyl (C=O) groups excluding carboxylic acids is 1. The predicted octanol–water partition coefficient (Wildman–Crippen LogP) is 3.05. The lowest BCUT2D eigenvalue weighted by molar-refractivity contribution is 0.0768. The Morgan fingerprint density at radius 3 is 2.63 bits per heavy atom. The van der Waals surface area contributed by atoms with Crippen molar-refractivity contribution in [1.29, 1.82) is 0 Å². The summed E-state index contributed by atoms with van der Waals surface area (Å²) in [6.45, 7) is 10.3. The van der Waals surface area contributed by atoms with Gasteiger partial charge >= 0.3 is 0 Å². The van der Waals surface area contributed by atoms with Gasteiger partial charge in [0.25, 0.3) is 5.91 Å². The van der Waals surface area contributed by atoms with Crippen LogP contribution in [-0.4, -0.2) is 66.0 Å². The molecule has 0 aliphatic carbocycles. The lowest BCUT2D eigenvalue weighted by Gasteiger charge is -2.32. The number of rotatable bonds is 4.